The molecule has 0 bridgehead atoms. The Labute approximate surface area is 144 Å². The maximum Gasteiger partial charge on any atom is 0.332 e. The first-order valence-electron chi connectivity index (χ1n) is 8.17. The third-order valence-corrected chi connectivity index (χ3v) is 2.36. The predicted octanol–water partition coefficient (Wildman–Crippen LogP) is 0.403. The Hall–Kier alpha value is -0.770. The molecule has 0 spiro atoms. The molecule has 0 saturated carbocycles. The molecule has 0 aliphatic heterocycles. The molecule has 0 aromatic rings. The molecular weight excluding hydrogens is 320 g/mol. The molecule has 0 radical (unpaired) electrons. The number of carbonyl (C=O) groups is 1. The van der Waals surface area contributed by atoms with Crippen molar-refractivity contribution in [2.45, 2.75) is 26.4 Å². The lowest BCUT2D eigenvalue weighted by Gasteiger charge is -2.19. The van der Waals surface area contributed by atoms with Crippen molar-refractivity contribution < 1.29 is 38.3 Å². The summed E-state index contributed by atoms with van der Waals surface area (Å²) in [5.41, 5.74) is -0.496. The number of aliphatic hydroxyl groups is 1. The van der Waals surface area contributed by atoms with Crippen LogP contribution in [0.3, 0.4) is 0 Å². The summed E-state index contributed by atoms with van der Waals surface area (Å²) in [6.45, 7) is 9.28. The molecule has 0 aromatic carbocycles. The molecule has 0 fully saturated rings. The fourth-order valence-electron chi connectivity index (χ4n) is 1.47. The highest BCUT2D eigenvalue weighted by Gasteiger charge is 2.15. The third-order valence-electron chi connectivity index (χ3n) is 2.36. The van der Waals surface area contributed by atoms with Crippen molar-refractivity contribution in [3.8, 4) is 0 Å². The predicted molar refractivity (Wildman–Crippen MR) is 87.0 cm³/mol. The van der Waals surface area contributed by atoms with Crippen LogP contribution in [0.1, 0.15) is 20.8 Å². The molecule has 0 unspecified atom stereocenters. The minimum Gasteiger partial charge on any atom is -0.458 e. The Balaban J connectivity index is 3.14. The average Bonchev–Trinajstić information content (AvgIpc) is 2.49. The van der Waals surface area contributed by atoms with Crippen LogP contribution in [-0.2, 0) is 33.2 Å². The van der Waals surface area contributed by atoms with E-state index in [-0.39, 0.29) is 19.2 Å². The van der Waals surface area contributed by atoms with E-state index in [2.05, 4.69) is 0 Å². The second-order valence-electron chi connectivity index (χ2n) is 5.81. The normalized spacial score (nSPS) is 11.7. The maximum atomic E-state index is 11.4. The van der Waals surface area contributed by atoms with Gasteiger partial charge in [-0.1, -0.05) is 0 Å². The van der Waals surface area contributed by atoms with Gasteiger partial charge in [0.1, 0.15) is 12.2 Å². The van der Waals surface area contributed by atoms with E-state index in [0.29, 0.717) is 59.5 Å². The monoisotopic (exact) mass is 352 g/mol. The van der Waals surface area contributed by atoms with Crippen molar-refractivity contribution >= 4 is 5.97 Å². The summed E-state index contributed by atoms with van der Waals surface area (Å²) in [6.07, 6.45) is 0. The molecule has 0 aromatic heterocycles. The first-order chi connectivity index (χ1) is 11.5. The Morgan fingerprint density at radius 3 is 1.46 bits per heavy atom. The lowest BCUT2D eigenvalue weighted by atomic mass is 10.2. The van der Waals surface area contributed by atoms with Crippen LogP contribution in [0, 0.1) is 0 Å². The fraction of sp³-hybridized carbons (Fsp3) is 0.938. The lowest BCUT2D eigenvalue weighted by Crippen LogP contribution is -2.27. The SMILES string of the molecule is CC(C)(C)OC(=O)COCCOCCOCCOCCOCCO. The summed E-state index contributed by atoms with van der Waals surface area (Å²) in [6, 6.07) is 0. The summed E-state index contributed by atoms with van der Waals surface area (Å²) < 4.78 is 31.2. The van der Waals surface area contributed by atoms with Crippen molar-refractivity contribution in [1.29, 1.82) is 0 Å². The number of hydrogen-bond donors (Lipinski definition) is 1. The van der Waals surface area contributed by atoms with Gasteiger partial charge in [-0.05, 0) is 20.8 Å². The van der Waals surface area contributed by atoms with Crippen LogP contribution in [0.25, 0.3) is 0 Å². The van der Waals surface area contributed by atoms with Crippen molar-refractivity contribution in [1.82, 2.24) is 0 Å². The van der Waals surface area contributed by atoms with Crippen LogP contribution >= 0.6 is 0 Å². The van der Waals surface area contributed by atoms with Gasteiger partial charge >= 0.3 is 5.97 Å². The minimum absolute atomic E-state index is 0.0230. The van der Waals surface area contributed by atoms with E-state index in [1.807, 2.05) is 20.8 Å². The summed E-state index contributed by atoms with van der Waals surface area (Å²) >= 11 is 0. The minimum atomic E-state index is -0.496. The number of aliphatic hydroxyl groups excluding tert-OH is 1. The number of carbonyl (C=O) groups excluding carboxylic acids is 1. The van der Waals surface area contributed by atoms with E-state index in [9.17, 15) is 4.79 Å². The molecule has 8 heteroatoms. The lowest BCUT2D eigenvalue weighted by molar-refractivity contribution is -0.160. The Morgan fingerprint density at radius 1 is 0.708 bits per heavy atom. The summed E-state index contributed by atoms with van der Waals surface area (Å²) in [4.78, 5) is 11.4. The van der Waals surface area contributed by atoms with Crippen LogP contribution in [0.5, 0.6) is 0 Å². The quantitative estimate of drug-likeness (QED) is 0.315. The fourth-order valence-corrected chi connectivity index (χ4v) is 1.47. The number of ether oxygens (including phenoxy) is 6. The van der Waals surface area contributed by atoms with Gasteiger partial charge in [0.15, 0.2) is 0 Å². The maximum absolute atomic E-state index is 11.4. The van der Waals surface area contributed by atoms with Crippen molar-refractivity contribution in [2.75, 3.05) is 72.7 Å². The zero-order valence-corrected chi connectivity index (χ0v) is 15.1. The van der Waals surface area contributed by atoms with Crippen molar-refractivity contribution in [3.05, 3.63) is 0 Å². The first kappa shape index (κ1) is 23.2. The Kier molecular flexibility index (Phi) is 15.2. The van der Waals surface area contributed by atoms with Gasteiger partial charge in [-0.15, -0.1) is 0 Å². The molecule has 144 valence electrons. The van der Waals surface area contributed by atoms with E-state index < -0.39 is 5.60 Å². The van der Waals surface area contributed by atoms with Crippen LogP contribution in [0.2, 0.25) is 0 Å². The van der Waals surface area contributed by atoms with Gasteiger partial charge in [0, 0.05) is 0 Å². The largest absolute Gasteiger partial charge is 0.458 e. The van der Waals surface area contributed by atoms with Gasteiger partial charge in [0.25, 0.3) is 0 Å². The molecule has 0 rings (SSSR count). The molecule has 0 heterocycles. The Morgan fingerprint density at radius 2 is 1.08 bits per heavy atom. The molecule has 0 aliphatic rings. The highest BCUT2D eigenvalue weighted by atomic mass is 16.6. The zero-order valence-electron chi connectivity index (χ0n) is 15.1. The van der Waals surface area contributed by atoms with Gasteiger partial charge in [-0.25, -0.2) is 4.79 Å². The Bertz CT molecular complexity index is 290. The van der Waals surface area contributed by atoms with Crippen molar-refractivity contribution in [2.24, 2.45) is 0 Å². The van der Waals surface area contributed by atoms with Gasteiger partial charge in [-0.2, -0.15) is 0 Å². The number of rotatable bonds is 16. The summed E-state index contributed by atoms with van der Waals surface area (Å²) in [5.74, 6) is -0.382. The van der Waals surface area contributed by atoms with Gasteiger partial charge in [-0.3, -0.25) is 0 Å². The number of esters is 1. The van der Waals surface area contributed by atoms with E-state index in [1.165, 1.54) is 0 Å². The van der Waals surface area contributed by atoms with Crippen LogP contribution in [0.4, 0.5) is 0 Å². The first-order valence-corrected chi connectivity index (χ1v) is 8.17. The highest BCUT2D eigenvalue weighted by Crippen LogP contribution is 2.06. The van der Waals surface area contributed by atoms with E-state index in [1.54, 1.807) is 0 Å². The standard InChI is InChI=1S/C16H32O8/c1-16(2,3)24-15(18)14-23-13-12-22-11-10-21-9-8-20-7-6-19-5-4-17/h17H,4-14H2,1-3H3. The molecule has 8 nitrogen and oxygen atoms in total. The van der Waals surface area contributed by atoms with Crippen LogP contribution in [-0.4, -0.2) is 89.4 Å². The molecule has 0 saturated heterocycles. The summed E-state index contributed by atoms with van der Waals surface area (Å²) in [5, 5.41) is 8.50. The third kappa shape index (κ3) is 19.3. The van der Waals surface area contributed by atoms with E-state index >= 15 is 0 Å². The smallest absolute Gasteiger partial charge is 0.332 e. The van der Waals surface area contributed by atoms with Crippen LogP contribution in [0.15, 0.2) is 0 Å². The molecular formula is C16H32O8. The zero-order chi connectivity index (χ0) is 18.1. The molecule has 0 aliphatic carbocycles. The molecule has 0 atom stereocenters. The van der Waals surface area contributed by atoms with Gasteiger partial charge in [0.05, 0.1) is 66.1 Å². The van der Waals surface area contributed by atoms with Crippen molar-refractivity contribution in [3.63, 3.8) is 0 Å². The van der Waals surface area contributed by atoms with Gasteiger partial charge in [0.2, 0.25) is 0 Å². The van der Waals surface area contributed by atoms with Crippen LogP contribution < -0.4 is 0 Å². The molecule has 24 heavy (non-hydrogen) atoms. The van der Waals surface area contributed by atoms with Gasteiger partial charge < -0.3 is 33.5 Å². The molecule has 1 N–H and O–H groups in total. The molecule has 0 amide bonds. The topological polar surface area (TPSA) is 92.7 Å². The van der Waals surface area contributed by atoms with E-state index in [4.69, 9.17) is 33.5 Å². The highest BCUT2D eigenvalue weighted by molar-refractivity contribution is 5.71. The second kappa shape index (κ2) is 15.7. The average molecular weight is 352 g/mol. The number of hydrogen-bond acceptors (Lipinski definition) is 8. The van der Waals surface area contributed by atoms with E-state index in [0.717, 1.165) is 0 Å². The summed E-state index contributed by atoms with van der Waals surface area (Å²) in [7, 11) is 0. The second-order valence-corrected chi connectivity index (χ2v) is 5.81.